The number of hydrogen-bond acceptors (Lipinski definition) is 7. The molecule has 2 aromatic carbocycles. The average Bonchev–Trinajstić information content (AvgIpc) is 3.34. The van der Waals surface area contributed by atoms with Crippen molar-refractivity contribution in [2.24, 2.45) is 0 Å². The van der Waals surface area contributed by atoms with E-state index in [1.54, 1.807) is 19.2 Å². The Morgan fingerprint density at radius 1 is 1.14 bits per heavy atom. The Hall–Kier alpha value is -4.01. The van der Waals surface area contributed by atoms with Crippen molar-refractivity contribution in [1.29, 1.82) is 0 Å². The Bertz CT molecular complexity index is 1200. The van der Waals surface area contributed by atoms with E-state index in [4.69, 9.17) is 9.26 Å². The summed E-state index contributed by atoms with van der Waals surface area (Å²) in [5.74, 6) is 1.10. The van der Waals surface area contributed by atoms with E-state index in [9.17, 15) is 14.4 Å². The summed E-state index contributed by atoms with van der Waals surface area (Å²) in [6.45, 7) is 1.94. The molecular formula is C26H28N4O5. The highest BCUT2D eigenvalue weighted by Crippen LogP contribution is 2.36. The minimum Gasteiger partial charge on any atom is -0.497 e. The third-order valence-electron chi connectivity index (χ3n) is 6.40. The first-order valence-corrected chi connectivity index (χ1v) is 11.6. The van der Waals surface area contributed by atoms with E-state index in [1.807, 2.05) is 43.3 Å². The summed E-state index contributed by atoms with van der Waals surface area (Å²) in [6.07, 6.45) is 2.73. The molecule has 0 bridgehead atoms. The van der Waals surface area contributed by atoms with Crippen molar-refractivity contribution in [3.8, 4) is 17.1 Å². The number of hydrogen-bond donors (Lipinski definition) is 2. The molecule has 1 aliphatic rings. The number of nitrogens with one attached hydrogen (secondary N) is 2. The van der Waals surface area contributed by atoms with Gasteiger partial charge in [0.2, 0.25) is 29.4 Å². The first-order valence-electron chi connectivity index (χ1n) is 11.6. The molecule has 2 heterocycles. The molecule has 3 amide bonds. The summed E-state index contributed by atoms with van der Waals surface area (Å²) in [5.41, 5.74) is 1.60. The quantitative estimate of drug-likeness (QED) is 0.450. The maximum absolute atomic E-state index is 12.5. The molecule has 9 heteroatoms. The van der Waals surface area contributed by atoms with Gasteiger partial charge in [-0.25, -0.2) is 0 Å². The zero-order chi connectivity index (χ0) is 24.8. The van der Waals surface area contributed by atoms with Crippen LogP contribution in [0.15, 0.2) is 53.1 Å². The van der Waals surface area contributed by atoms with Crippen molar-refractivity contribution in [2.45, 2.75) is 50.9 Å². The molecule has 0 radical (unpaired) electrons. The molecule has 4 rings (SSSR count). The van der Waals surface area contributed by atoms with Crippen LogP contribution < -0.4 is 15.4 Å². The molecule has 2 N–H and O–H groups in total. The minimum atomic E-state index is -0.717. The van der Waals surface area contributed by atoms with Gasteiger partial charge in [-0.05, 0) is 61.2 Å². The van der Waals surface area contributed by atoms with Gasteiger partial charge in [-0.1, -0.05) is 24.2 Å². The Morgan fingerprint density at radius 3 is 2.54 bits per heavy atom. The summed E-state index contributed by atoms with van der Waals surface area (Å²) in [6, 6.07) is 14.6. The first-order chi connectivity index (χ1) is 16.9. The molecule has 0 aliphatic carbocycles. The fraction of sp³-hybridized carbons (Fsp3) is 0.346. The Kier molecular flexibility index (Phi) is 7.24. The number of methoxy groups -OCH3 is 1. The SMILES string of the molecule is CCC1(c2ccc(NC(=O)CCCc3nc(-c4ccc(OC)cc4)no3)cc2)CCC(=O)NC1=O. The number of anilines is 1. The number of nitrogens with zero attached hydrogens (tertiary/aromatic N) is 2. The van der Waals surface area contributed by atoms with Gasteiger partial charge in [-0.15, -0.1) is 0 Å². The smallest absolute Gasteiger partial charge is 0.237 e. The zero-order valence-corrected chi connectivity index (χ0v) is 19.8. The maximum atomic E-state index is 12.5. The summed E-state index contributed by atoms with van der Waals surface area (Å²) >= 11 is 0. The zero-order valence-electron chi connectivity index (χ0n) is 19.8. The van der Waals surface area contributed by atoms with Gasteiger partial charge in [0.25, 0.3) is 0 Å². The van der Waals surface area contributed by atoms with E-state index in [1.165, 1.54) is 0 Å². The van der Waals surface area contributed by atoms with Gasteiger partial charge >= 0.3 is 0 Å². The van der Waals surface area contributed by atoms with Gasteiger partial charge in [0.15, 0.2) is 0 Å². The summed E-state index contributed by atoms with van der Waals surface area (Å²) in [5, 5.41) is 9.33. The van der Waals surface area contributed by atoms with Gasteiger partial charge in [0.1, 0.15) is 5.75 Å². The lowest BCUT2D eigenvalue weighted by Crippen LogP contribution is -2.51. The normalized spacial score (nSPS) is 17.7. The van der Waals surface area contributed by atoms with E-state index < -0.39 is 5.41 Å². The molecule has 1 fully saturated rings. The van der Waals surface area contributed by atoms with Gasteiger partial charge in [-0.2, -0.15) is 4.98 Å². The van der Waals surface area contributed by atoms with Gasteiger partial charge in [0.05, 0.1) is 12.5 Å². The van der Waals surface area contributed by atoms with Gasteiger partial charge < -0.3 is 14.6 Å². The van der Waals surface area contributed by atoms with Crippen LogP contribution in [0.2, 0.25) is 0 Å². The Balaban J connectivity index is 1.28. The molecule has 1 aromatic heterocycles. The predicted molar refractivity (Wildman–Crippen MR) is 129 cm³/mol. The van der Waals surface area contributed by atoms with E-state index in [-0.39, 0.29) is 17.7 Å². The molecule has 1 saturated heterocycles. The first kappa shape index (κ1) is 24.1. The number of aryl methyl sites for hydroxylation is 1. The number of rotatable bonds is 9. The average molecular weight is 477 g/mol. The summed E-state index contributed by atoms with van der Waals surface area (Å²) in [4.78, 5) is 40.9. The minimum absolute atomic E-state index is 0.126. The van der Waals surface area contributed by atoms with Crippen molar-refractivity contribution < 1.29 is 23.6 Å². The number of imide groups is 1. The lowest BCUT2D eigenvalue weighted by molar-refractivity contribution is -0.138. The Labute approximate surface area is 203 Å². The fourth-order valence-corrected chi connectivity index (χ4v) is 4.28. The van der Waals surface area contributed by atoms with Crippen LogP contribution in [0, 0.1) is 0 Å². The number of carbonyl (C=O) groups is 3. The number of piperidine rings is 1. The van der Waals surface area contributed by atoms with Crippen LogP contribution >= 0.6 is 0 Å². The number of benzene rings is 2. The van der Waals surface area contributed by atoms with Crippen molar-refractivity contribution in [3.63, 3.8) is 0 Å². The second-order valence-corrected chi connectivity index (χ2v) is 8.53. The monoisotopic (exact) mass is 476 g/mol. The highest BCUT2D eigenvalue weighted by Gasteiger charge is 2.42. The van der Waals surface area contributed by atoms with Crippen LogP contribution in [0.25, 0.3) is 11.4 Å². The van der Waals surface area contributed by atoms with Crippen LogP contribution in [0.1, 0.15) is 50.5 Å². The lowest BCUT2D eigenvalue weighted by atomic mass is 9.72. The number of ether oxygens (including phenoxy) is 1. The maximum Gasteiger partial charge on any atom is 0.237 e. The van der Waals surface area contributed by atoms with E-state index in [2.05, 4.69) is 20.8 Å². The highest BCUT2D eigenvalue weighted by atomic mass is 16.5. The van der Waals surface area contributed by atoms with Crippen molar-refractivity contribution in [1.82, 2.24) is 15.5 Å². The van der Waals surface area contributed by atoms with E-state index >= 15 is 0 Å². The fourth-order valence-electron chi connectivity index (χ4n) is 4.28. The van der Waals surface area contributed by atoms with Crippen molar-refractivity contribution >= 4 is 23.4 Å². The largest absolute Gasteiger partial charge is 0.497 e. The number of carbonyl (C=O) groups excluding carboxylic acids is 3. The molecule has 3 aromatic rings. The Morgan fingerprint density at radius 2 is 1.89 bits per heavy atom. The predicted octanol–water partition coefficient (Wildman–Crippen LogP) is 3.79. The lowest BCUT2D eigenvalue weighted by Gasteiger charge is -2.35. The van der Waals surface area contributed by atoms with Crippen LogP contribution in [-0.4, -0.2) is 35.0 Å². The van der Waals surface area contributed by atoms with Crippen molar-refractivity contribution in [2.75, 3.05) is 12.4 Å². The van der Waals surface area contributed by atoms with Crippen LogP contribution in [0.4, 0.5) is 5.69 Å². The van der Waals surface area contributed by atoms with E-state index in [0.717, 1.165) is 16.9 Å². The van der Waals surface area contributed by atoms with Crippen LogP contribution in [-0.2, 0) is 26.2 Å². The molecule has 1 unspecified atom stereocenters. The molecule has 0 saturated carbocycles. The van der Waals surface area contributed by atoms with Gasteiger partial charge in [-0.3, -0.25) is 19.7 Å². The van der Waals surface area contributed by atoms with Crippen molar-refractivity contribution in [3.05, 3.63) is 60.0 Å². The molecule has 35 heavy (non-hydrogen) atoms. The van der Waals surface area contributed by atoms with Gasteiger partial charge in [0, 0.05) is 30.5 Å². The molecule has 1 aliphatic heterocycles. The molecule has 182 valence electrons. The third-order valence-corrected chi connectivity index (χ3v) is 6.40. The van der Waals surface area contributed by atoms with Crippen LogP contribution in [0.5, 0.6) is 5.75 Å². The van der Waals surface area contributed by atoms with Crippen LogP contribution in [0.3, 0.4) is 0 Å². The highest BCUT2D eigenvalue weighted by molar-refractivity contribution is 6.03. The topological polar surface area (TPSA) is 123 Å². The second-order valence-electron chi connectivity index (χ2n) is 8.53. The molecule has 1 atom stereocenters. The standard InChI is InChI=1S/C26H28N4O5/c1-3-26(16-15-22(32)28-25(26)33)18-9-11-19(12-10-18)27-21(31)5-4-6-23-29-24(30-35-23)17-7-13-20(34-2)14-8-17/h7-14H,3-6,15-16H2,1-2H3,(H,27,31)(H,28,32,33). The molecular weight excluding hydrogens is 448 g/mol. The molecule has 0 spiro atoms. The number of amides is 3. The summed E-state index contributed by atoms with van der Waals surface area (Å²) < 4.78 is 10.5. The summed E-state index contributed by atoms with van der Waals surface area (Å²) in [7, 11) is 1.61. The second kappa shape index (κ2) is 10.5. The third kappa shape index (κ3) is 5.40. The number of aromatic nitrogens is 2. The van der Waals surface area contributed by atoms with E-state index in [0.29, 0.717) is 55.9 Å². The molecule has 9 nitrogen and oxygen atoms in total.